The van der Waals surface area contributed by atoms with Crippen molar-refractivity contribution < 1.29 is 19.4 Å². The lowest BCUT2D eigenvalue weighted by atomic mass is 9.86. The molecule has 1 aliphatic carbocycles. The van der Waals surface area contributed by atoms with Crippen molar-refractivity contribution in [3.8, 4) is 0 Å². The minimum atomic E-state index is -1.17. The van der Waals surface area contributed by atoms with Crippen molar-refractivity contribution in [3.05, 3.63) is 0 Å². The van der Waals surface area contributed by atoms with Gasteiger partial charge in [0.25, 0.3) is 0 Å². The molecule has 0 unspecified atom stereocenters. The third-order valence-corrected chi connectivity index (χ3v) is 5.19. The Morgan fingerprint density at radius 1 is 1.21 bits per heavy atom. The monoisotopic (exact) mass is 287 g/mol. The fourth-order valence-corrected chi connectivity index (χ4v) is 2.86. The summed E-state index contributed by atoms with van der Waals surface area (Å²) in [5.41, 5.74) is 0. The van der Waals surface area contributed by atoms with Crippen LogP contribution < -0.4 is 5.32 Å². The summed E-state index contributed by atoms with van der Waals surface area (Å²) >= 11 is 0. The summed E-state index contributed by atoms with van der Waals surface area (Å²) in [5.74, 6) is -0.975. The van der Waals surface area contributed by atoms with Crippen LogP contribution in [0.1, 0.15) is 25.7 Å². The normalized spacial score (nSPS) is 23.7. The highest BCUT2D eigenvalue weighted by atomic mass is 28.3. The number of carboxylic acids is 1. The second kappa shape index (κ2) is 6.93. The molecule has 0 spiro atoms. The van der Waals surface area contributed by atoms with Crippen LogP contribution in [-0.4, -0.2) is 37.9 Å². The highest BCUT2D eigenvalue weighted by Gasteiger charge is 2.27. The second-order valence-corrected chi connectivity index (χ2v) is 12.1. The largest absolute Gasteiger partial charge is 0.481 e. The Kier molecular flexibility index (Phi) is 5.84. The second-order valence-electron chi connectivity index (χ2n) is 6.48. The minimum absolute atomic E-state index is 0.0648. The average Bonchev–Trinajstić information content (AvgIpc) is 2.27. The number of hydrogen-bond donors (Lipinski definition) is 2. The molecule has 0 aromatic heterocycles. The van der Waals surface area contributed by atoms with Gasteiger partial charge in [-0.2, -0.15) is 0 Å². The van der Waals surface area contributed by atoms with Gasteiger partial charge in [-0.15, -0.1) is 0 Å². The molecule has 0 saturated heterocycles. The number of alkyl carbamates (subject to hydrolysis) is 1. The molecule has 0 aromatic carbocycles. The van der Waals surface area contributed by atoms with Gasteiger partial charge in [-0.3, -0.25) is 4.79 Å². The minimum Gasteiger partial charge on any atom is -0.481 e. The van der Waals surface area contributed by atoms with Crippen LogP contribution in [0, 0.1) is 5.92 Å². The zero-order valence-corrected chi connectivity index (χ0v) is 13.1. The van der Waals surface area contributed by atoms with Gasteiger partial charge in [0, 0.05) is 14.1 Å². The van der Waals surface area contributed by atoms with E-state index in [4.69, 9.17) is 9.84 Å². The molecule has 1 aliphatic rings. The number of nitrogens with one attached hydrogen (secondary N) is 1. The Balaban J connectivity index is 2.18. The molecule has 0 heterocycles. The summed E-state index contributed by atoms with van der Waals surface area (Å²) in [5, 5.41) is 11.7. The van der Waals surface area contributed by atoms with Crippen molar-refractivity contribution in [2.45, 2.75) is 57.4 Å². The zero-order valence-electron chi connectivity index (χ0n) is 12.1. The van der Waals surface area contributed by atoms with Gasteiger partial charge in [0.1, 0.15) is 0 Å². The van der Waals surface area contributed by atoms with Crippen molar-refractivity contribution in [1.82, 2.24) is 5.32 Å². The van der Waals surface area contributed by atoms with Gasteiger partial charge in [-0.05, 0) is 31.7 Å². The van der Waals surface area contributed by atoms with E-state index in [2.05, 4.69) is 25.0 Å². The molecule has 0 aromatic rings. The predicted octanol–water partition coefficient (Wildman–Crippen LogP) is 2.69. The topological polar surface area (TPSA) is 75.6 Å². The van der Waals surface area contributed by atoms with Crippen LogP contribution in [0.15, 0.2) is 0 Å². The summed E-state index contributed by atoms with van der Waals surface area (Å²) in [6.45, 7) is 7.19. The molecule has 2 N–H and O–H groups in total. The average molecular weight is 287 g/mol. The lowest BCUT2D eigenvalue weighted by Gasteiger charge is -2.26. The maximum absolute atomic E-state index is 11.6. The lowest BCUT2D eigenvalue weighted by molar-refractivity contribution is -0.142. The summed E-state index contributed by atoms with van der Waals surface area (Å²) < 4.78 is 5.16. The number of carboxylic acid groups (broad SMARTS) is 1. The molecular weight excluding hydrogens is 262 g/mol. The fourth-order valence-electron chi connectivity index (χ4n) is 2.14. The molecular formula is C13H25NO4Si. The highest BCUT2D eigenvalue weighted by Crippen LogP contribution is 2.24. The van der Waals surface area contributed by atoms with Crippen molar-refractivity contribution in [2.24, 2.45) is 5.92 Å². The van der Waals surface area contributed by atoms with E-state index in [0.29, 0.717) is 19.4 Å². The van der Waals surface area contributed by atoms with Crippen molar-refractivity contribution in [3.63, 3.8) is 0 Å². The van der Waals surface area contributed by atoms with E-state index in [1.54, 1.807) is 0 Å². The molecule has 1 fully saturated rings. The van der Waals surface area contributed by atoms with Crippen molar-refractivity contribution in [2.75, 3.05) is 6.61 Å². The van der Waals surface area contributed by atoms with E-state index >= 15 is 0 Å². The number of rotatable bonds is 5. The number of hydrogen-bond acceptors (Lipinski definition) is 3. The van der Waals surface area contributed by atoms with E-state index in [1.165, 1.54) is 0 Å². The van der Waals surface area contributed by atoms with Gasteiger partial charge < -0.3 is 15.2 Å². The summed E-state index contributed by atoms with van der Waals surface area (Å²) in [6.07, 6.45) is 2.35. The molecule has 0 bridgehead atoms. The molecule has 6 heteroatoms. The first-order chi connectivity index (χ1) is 8.78. The Morgan fingerprint density at radius 3 is 2.26 bits per heavy atom. The van der Waals surface area contributed by atoms with Crippen LogP contribution in [0.3, 0.4) is 0 Å². The first kappa shape index (κ1) is 16.0. The summed E-state index contributed by atoms with van der Waals surface area (Å²) in [4.78, 5) is 22.4. The molecule has 5 nitrogen and oxygen atoms in total. The lowest BCUT2D eigenvalue weighted by Crippen LogP contribution is -2.39. The van der Waals surface area contributed by atoms with E-state index in [9.17, 15) is 9.59 Å². The van der Waals surface area contributed by atoms with Crippen LogP contribution in [0.5, 0.6) is 0 Å². The highest BCUT2D eigenvalue weighted by molar-refractivity contribution is 6.76. The molecule has 0 aliphatic heterocycles. The third-order valence-electron chi connectivity index (χ3n) is 3.48. The van der Waals surface area contributed by atoms with Gasteiger partial charge in [-0.25, -0.2) is 4.79 Å². The van der Waals surface area contributed by atoms with E-state index in [1.807, 2.05) is 0 Å². The number of carbonyl (C=O) groups excluding carboxylic acids is 1. The molecule has 19 heavy (non-hydrogen) atoms. The molecule has 1 rings (SSSR count). The molecule has 1 amide bonds. The van der Waals surface area contributed by atoms with Crippen LogP contribution in [0.2, 0.25) is 25.7 Å². The standard InChI is InChI=1S/C13H25NO4Si/c1-19(2,3)9-8-18-13(17)14-11-6-4-10(5-7-11)12(15)16/h10-11H,4-9H2,1-3H3,(H,14,17)(H,15,16)/t10-,11-. The van der Waals surface area contributed by atoms with Gasteiger partial charge in [0.2, 0.25) is 0 Å². The zero-order chi connectivity index (χ0) is 14.5. The van der Waals surface area contributed by atoms with Crippen molar-refractivity contribution in [1.29, 1.82) is 0 Å². The Labute approximate surface area is 115 Å². The number of ether oxygens (including phenoxy) is 1. The van der Waals surface area contributed by atoms with Gasteiger partial charge >= 0.3 is 12.1 Å². The first-order valence-electron chi connectivity index (χ1n) is 6.94. The Hall–Kier alpha value is -1.04. The quantitative estimate of drug-likeness (QED) is 0.762. The molecule has 0 atom stereocenters. The van der Waals surface area contributed by atoms with Gasteiger partial charge in [0.05, 0.1) is 12.5 Å². The smallest absolute Gasteiger partial charge is 0.407 e. The van der Waals surface area contributed by atoms with Gasteiger partial charge in [-0.1, -0.05) is 19.6 Å². The van der Waals surface area contributed by atoms with Crippen LogP contribution in [0.25, 0.3) is 0 Å². The maximum atomic E-state index is 11.6. The number of carbonyl (C=O) groups is 2. The first-order valence-corrected chi connectivity index (χ1v) is 10.6. The SMILES string of the molecule is C[Si](C)(C)CCOC(=O)N[C@H]1CC[C@H](C(=O)O)CC1. The third kappa shape index (κ3) is 6.61. The van der Waals surface area contributed by atoms with E-state index in [-0.39, 0.29) is 18.1 Å². The van der Waals surface area contributed by atoms with Gasteiger partial charge in [0.15, 0.2) is 0 Å². The predicted molar refractivity (Wildman–Crippen MR) is 76.0 cm³/mol. The molecule has 110 valence electrons. The van der Waals surface area contributed by atoms with Crippen molar-refractivity contribution >= 4 is 20.1 Å². The Morgan fingerprint density at radius 2 is 1.79 bits per heavy atom. The van der Waals surface area contributed by atoms with Crippen LogP contribution in [-0.2, 0) is 9.53 Å². The Bertz CT molecular complexity index is 319. The van der Waals surface area contributed by atoms with Crippen LogP contribution in [0.4, 0.5) is 4.79 Å². The van der Waals surface area contributed by atoms with Crippen LogP contribution >= 0.6 is 0 Å². The number of aliphatic carboxylic acids is 1. The number of amides is 1. The molecule has 0 radical (unpaired) electrons. The summed E-state index contributed by atoms with van der Waals surface area (Å²) in [6, 6.07) is 1.03. The maximum Gasteiger partial charge on any atom is 0.407 e. The fraction of sp³-hybridized carbons (Fsp3) is 0.846. The molecule has 1 saturated carbocycles. The van der Waals surface area contributed by atoms with E-state index < -0.39 is 14.0 Å². The summed E-state index contributed by atoms with van der Waals surface area (Å²) in [7, 11) is -1.17. The van der Waals surface area contributed by atoms with E-state index in [0.717, 1.165) is 18.9 Å².